The van der Waals surface area contributed by atoms with Crippen LogP contribution in [-0.4, -0.2) is 10.2 Å². The lowest BCUT2D eigenvalue weighted by Gasteiger charge is -2.22. The van der Waals surface area contributed by atoms with E-state index >= 15 is 0 Å². The summed E-state index contributed by atoms with van der Waals surface area (Å²) in [5.74, 6) is 0.462. The fraction of sp³-hybridized carbons (Fsp3) is 0.158. The first-order valence-electron chi connectivity index (χ1n) is 7.13. The van der Waals surface area contributed by atoms with Crippen molar-refractivity contribution in [2.24, 2.45) is 0 Å². The standard InChI is InChI=1S/C19H18O2/c20-16-11-17(21)13-19(15-9-5-2-6-10-15)18(12-16)14-7-3-1-4-8-14/h1-10,12-13,18-21H,11H2/t18-,19+. The summed E-state index contributed by atoms with van der Waals surface area (Å²) in [5.41, 5.74) is 2.26. The van der Waals surface area contributed by atoms with E-state index in [0.29, 0.717) is 0 Å². The van der Waals surface area contributed by atoms with Crippen LogP contribution >= 0.6 is 0 Å². The molecule has 0 fully saturated rings. The Morgan fingerprint density at radius 2 is 1.00 bits per heavy atom. The Bertz CT molecular complexity index is 597. The predicted molar refractivity (Wildman–Crippen MR) is 84.4 cm³/mol. The van der Waals surface area contributed by atoms with Crippen molar-refractivity contribution in [3.05, 3.63) is 95.5 Å². The van der Waals surface area contributed by atoms with Gasteiger partial charge in [-0.3, -0.25) is 0 Å². The molecule has 106 valence electrons. The number of allylic oxidation sites excluding steroid dienone is 2. The van der Waals surface area contributed by atoms with Gasteiger partial charge in [0.25, 0.3) is 0 Å². The van der Waals surface area contributed by atoms with Crippen LogP contribution < -0.4 is 0 Å². The van der Waals surface area contributed by atoms with E-state index in [-0.39, 0.29) is 29.8 Å². The minimum atomic E-state index is 0.0123. The van der Waals surface area contributed by atoms with Crippen LogP contribution in [0.5, 0.6) is 0 Å². The van der Waals surface area contributed by atoms with Crippen LogP contribution in [0.3, 0.4) is 0 Å². The average Bonchev–Trinajstić information content (AvgIpc) is 2.67. The molecule has 1 aliphatic carbocycles. The van der Waals surface area contributed by atoms with Crippen molar-refractivity contribution in [2.75, 3.05) is 0 Å². The maximum Gasteiger partial charge on any atom is 0.0964 e. The van der Waals surface area contributed by atoms with E-state index < -0.39 is 0 Å². The fourth-order valence-electron chi connectivity index (χ4n) is 2.88. The highest BCUT2D eigenvalue weighted by molar-refractivity contribution is 5.38. The maximum atomic E-state index is 10.0. The Morgan fingerprint density at radius 3 is 1.38 bits per heavy atom. The van der Waals surface area contributed by atoms with Gasteiger partial charge in [0.05, 0.1) is 17.9 Å². The van der Waals surface area contributed by atoms with E-state index in [1.807, 2.05) is 48.6 Å². The van der Waals surface area contributed by atoms with Crippen LogP contribution in [0.1, 0.15) is 29.4 Å². The van der Waals surface area contributed by atoms with Gasteiger partial charge in [0, 0.05) is 11.8 Å². The number of benzene rings is 2. The first-order chi connectivity index (χ1) is 10.2. The minimum Gasteiger partial charge on any atom is -0.512 e. The third-order valence-electron chi connectivity index (χ3n) is 3.86. The molecule has 0 saturated carbocycles. The van der Waals surface area contributed by atoms with Gasteiger partial charge in [-0.25, -0.2) is 0 Å². The molecule has 0 heterocycles. The Balaban J connectivity index is 2.10. The van der Waals surface area contributed by atoms with E-state index in [1.54, 1.807) is 0 Å². The molecule has 0 amide bonds. The Kier molecular flexibility index (Phi) is 3.78. The normalized spacial score (nSPS) is 22.1. The number of aliphatic hydroxyl groups is 2. The first kappa shape index (κ1) is 13.5. The summed E-state index contributed by atoms with van der Waals surface area (Å²) < 4.78 is 0. The summed E-state index contributed by atoms with van der Waals surface area (Å²) in [6.45, 7) is 0. The van der Waals surface area contributed by atoms with Crippen LogP contribution in [0.4, 0.5) is 0 Å². The molecule has 0 spiro atoms. The molecular formula is C19H18O2. The zero-order valence-corrected chi connectivity index (χ0v) is 11.7. The van der Waals surface area contributed by atoms with E-state index in [9.17, 15) is 10.2 Å². The van der Waals surface area contributed by atoms with Crippen molar-refractivity contribution in [3.8, 4) is 0 Å². The molecule has 2 aromatic rings. The second kappa shape index (κ2) is 5.88. The lowest BCUT2D eigenvalue weighted by Crippen LogP contribution is -2.07. The zero-order chi connectivity index (χ0) is 14.7. The summed E-state index contributed by atoms with van der Waals surface area (Å²) in [4.78, 5) is 0. The van der Waals surface area contributed by atoms with Gasteiger partial charge in [0.1, 0.15) is 0 Å². The highest BCUT2D eigenvalue weighted by Crippen LogP contribution is 2.39. The SMILES string of the molecule is OC1=C[C@H](c2ccccc2)[C@H](c2ccccc2)C=C(O)C1. The molecule has 1 aliphatic rings. The molecule has 0 aromatic heterocycles. The van der Waals surface area contributed by atoms with Crippen molar-refractivity contribution in [3.63, 3.8) is 0 Å². The molecule has 21 heavy (non-hydrogen) atoms. The lowest BCUT2D eigenvalue weighted by atomic mass is 9.81. The van der Waals surface area contributed by atoms with Gasteiger partial charge in [-0.1, -0.05) is 60.7 Å². The number of rotatable bonds is 2. The van der Waals surface area contributed by atoms with Crippen LogP contribution in [0.2, 0.25) is 0 Å². The molecule has 2 aromatic carbocycles. The summed E-state index contributed by atoms with van der Waals surface area (Å²) >= 11 is 0. The molecule has 2 nitrogen and oxygen atoms in total. The highest BCUT2D eigenvalue weighted by Gasteiger charge is 2.25. The second-order valence-electron chi connectivity index (χ2n) is 5.37. The summed E-state index contributed by atoms with van der Waals surface area (Å²) in [7, 11) is 0. The maximum absolute atomic E-state index is 10.0. The lowest BCUT2D eigenvalue weighted by molar-refractivity contribution is 0.342. The third-order valence-corrected chi connectivity index (χ3v) is 3.86. The van der Waals surface area contributed by atoms with E-state index in [2.05, 4.69) is 24.3 Å². The van der Waals surface area contributed by atoms with Crippen molar-refractivity contribution in [1.82, 2.24) is 0 Å². The van der Waals surface area contributed by atoms with Gasteiger partial charge < -0.3 is 10.2 Å². The molecule has 0 saturated heterocycles. The van der Waals surface area contributed by atoms with Gasteiger partial charge >= 0.3 is 0 Å². The van der Waals surface area contributed by atoms with Crippen molar-refractivity contribution in [2.45, 2.75) is 18.3 Å². The van der Waals surface area contributed by atoms with Crippen LogP contribution in [0, 0.1) is 0 Å². The largest absolute Gasteiger partial charge is 0.512 e. The third kappa shape index (κ3) is 3.00. The average molecular weight is 278 g/mol. The predicted octanol–water partition coefficient (Wildman–Crippen LogP) is 4.84. The van der Waals surface area contributed by atoms with Crippen LogP contribution in [0.15, 0.2) is 84.3 Å². The van der Waals surface area contributed by atoms with Gasteiger partial charge in [-0.05, 0) is 23.3 Å². The number of aliphatic hydroxyl groups excluding tert-OH is 2. The van der Waals surface area contributed by atoms with Crippen LogP contribution in [-0.2, 0) is 0 Å². The Hall–Kier alpha value is -2.48. The molecule has 0 unspecified atom stereocenters. The summed E-state index contributed by atoms with van der Waals surface area (Å²) in [6, 6.07) is 20.2. The van der Waals surface area contributed by atoms with Crippen molar-refractivity contribution in [1.29, 1.82) is 0 Å². The zero-order valence-electron chi connectivity index (χ0n) is 11.7. The van der Waals surface area contributed by atoms with E-state index in [0.717, 1.165) is 11.1 Å². The van der Waals surface area contributed by atoms with Gasteiger partial charge in [-0.2, -0.15) is 0 Å². The minimum absolute atomic E-state index is 0.0123. The van der Waals surface area contributed by atoms with E-state index in [1.165, 1.54) is 0 Å². The molecule has 2 atom stereocenters. The van der Waals surface area contributed by atoms with Crippen molar-refractivity contribution >= 4 is 0 Å². The highest BCUT2D eigenvalue weighted by atomic mass is 16.3. The van der Waals surface area contributed by atoms with Gasteiger partial charge in [0.15, 0.2) is 0 Å². The molecular weight excluding hydrogens is 260 g/mol. The quantitative estimate of drug-likeness (QED) is 0.825. The Labute approximate surface area is 124 Å². The molecule has 0 bridgehead atoms. The molecule has 2 heteroatoms. The number of hydrogen-bond acceptors (Lipinski definition) is 2. The number of hydrogen-bond donors (Lipinski definition) is 2. The summed E-state index contributed by atoms with van der Waals surface area (Å²) in [6.07, 6.45) is 3.91. The smallest absolute Gasteiger partial charge is 0.0964 e. The molecule has 3 rings (SSSR count). The second-order valence-corrected chi connectivity index (χ2v) is 5.37. The monoisotopic (exact) mass is 278 g/mol. The first-order valence-corrected chi connectivity index (χ1v) is 7.13. The van der Waals surface area contributed by atoms with Crippen molar-refractivity contribution < 1.29 is 10.2 Å². The van der Waals surface area contributed by atoms with Gasteiger partial charge in [0.2, 0.25) is 0 Å². The molecule has 0 radical (unpaired) electrons. The summed E-state index contributed by atoms with van der Waals surface area (Å²) in [5, 5.41) is 20.0. The molecule has 2 N–H and O–H groups in total. The Morgan fingerprint density at radius 1 is 0.619 bits per heavy atom. The van der Waals surface area contributed by atoms with Crippen LogP contribution in [0.25, 0.3) is 0 Å². The fourth-order valence-corrected chi connectivity index (χ4v) is 2.88. The molecule has 0 aliphatic heterocycles. The van der Waals surface area contributed by atoms with E-state index in [4.69, 9.17) is 0 Å². The van der Waals surface area contributed by atoms with Gasteiger partial charge in [-0.15, -0.1) is 0 Å². The topological polar surface area (TPSA) is 40.5 Å².